The number of pyridine rings is 1. The van der Waals surface area contributed by atoms with Crippen LogP contribution in [0, 0.1) is 5.82 Å². The number of rotatable bonds is 6. The average Bonchev–Trinajstić information content (AvgIpc) is 2.70. The number of aromatic nitrogens is 1. The molecule has 0 aliphatic carbocycles. The Bertz CT molecular complexity index is 956. The van der Waals surface area contributed by atoms with Gasteiger partial charge in [0, 0.05) is 11.1 Å². The fourth-order valence-corrected chi connectivity index (χ4v) is 2.41. The maximum absolute atomic E-state index is 13.5. The molecule has 0 aliphatic heterocycles. The molecule has 27 heavy (non-hydrogen) atoms. The van der Waals surface area contributed by atoms with Crippen LogP contribution in [0.25, 0.3) is 11.3 Å². The van der Waals surface area contributed by atoms with E-state index in [9.17, 15) is 9.18 Å². The van der Waals surface area contributed by atoms with E-state index in [-0.39, 0.29) is 11.3 Å². The second-order valence-electron chi connectivity index (χ2n) is 5.59. The Labute approximate surface area is 156 Å². The number of hydrogen-bond donors (Lipinski definition) is 1. The van der Waals surface area contributed by atoms with E-state index in [1.54, 1.807) is 30.3 Å². The van der Waals surface area contributed by atoms with E-state index in [1.807, 2.05) is 37.3 Å². The molecule has 1 aromatic heterocycles. The number of hydrazone groups is 1. The zero-order valence-electron chi connectivity index (χ0n) is 14.7. The molecule has 3 rings (SSSR count). The molecule has 0 saturated heterocycles. The number of hydrogen-bond acceptors (Lipinski definition) is 4. The molecule has 3 aromatic rings. The van der Waals surface area contributed by atoms with Gasteiger partial charge >= 0.3 is 0 Å². The maximum Gasteiger partial charge on any atom is 0.289 e. The van der Waals surface area contributed by atoms with Crippen LogP contribution in [0.4, 0.5) is 4.39 Å². The Kier molecular flexibility index (Phi) is 5.89. The number of benzene rings is 2. The molecule has 0 atom stereocenters. The number of carbonyl (C=O) groups excluding carboxylic acids is 1. The zero-order valence-corrected chi connectivity index (χ0v) is 14.7. The van der Waals surface area contributed by atoms with Crippen LogP contribution in [-0.4, -0.2) is 23.7 Å². The maximum atomic E-state index is 13.5. The Balaban J connectivity index is 1.71. The molecule has 136 valence electrons. The molecule has 0 saturated carbocycles. The van der Waals surface area contributed by atoms with Gasteiger partial charge in [0.1, 0.15) is 17.3 Å². The lowest BCUT2D eigenvalue weighted by molar-refractivity contribution is 0.0950. The summed E-state index contributed by atoms with van der Waals surface area (Å²) in [5, 5.41) is 3.79. The van der Waals surface area contributed by atoms with Crippen molar-refractivity contribution in [2.45, 2.75) is 6.92 Å². The summed E-state index contributed by atoms with van der Waals surface area (Å²) in [5.41, 5.74) is 4.38. The quantitative estimate of drug-likeness (QED) is 0.531. The van der Waals surface area contributed by atoms with Crippen LogP contribution >= 0.6 is 0 Å². The smallest absolute Gasteiger partial charge is 0.289 e. The van der Waals surface area contributed by atoms with Gasteiger partial charge < -0.3 is 4.74 Å². The van der Waals surface area contributed by atoms with Crippen molar-refractivity contribution in [2.24, 2.45) is 5.10 Å². The fraction of sp³-hybridized carbons (Fsp3) is 0.0952. The molecule has 1 heterocycles. The van der Waals surface area contributed by atoms with Crippen LogP contribution < -0.4 is 10.2 Å². The van der Waals surface area contributed by atoms with Gasteiger partial charge in [-0.05, 0) is 49.4 Å². The minimum absolute atomic E-state index is 0.215. The second kappa shape index (κ2) is 8.71. The molecule has 0 unspecified atom stereocenters. The van der Waals surface area contributed by atoms with Gasteiger partial charge in [0.25, 0.3) is 5.91 Å². The van der Waals surface area contributed by atoms with Crippen molar-refractivity contribution >= 4 is 12.1 Å². The van der Waals surface area contributed by atoms with Crippen molar-refractivity contribution in [1.82, 2.24) is 10.4 Å². The van der Waals surface area contributed by atoms with Crippen molar-refractivity contribution < 1.29 is 13.9 Å². The third-order valence-electron chi connectivity index (χ3n) is 3.72. The molecule has 1 amide bonds. The lowest BCUT2D eigenvalue weighted by Crippen LogP contribution is -2.19. The first-order valence-corrected chi connectivity index (χ1v) is 8.45. The van der Waals surface area contributed by atoms with Gasteiger partial charge in [-0.3, -0.25) is 4.79 Å². The first-order chi connectivity index (χ1) is 13.2. The SMILES string of the molecule is CCOc1ccc(-c2cccc(C(=O)N/N=C/c3ccccc3F)n2)cc1. The number of halogens is 1. The second-order valence-corrected chi connectivity index (χ2v) is 5.59. The fourth-order valence-electron chi connectivity index (χ4n) is 2.41. The predicted molar refractivity (Wildman–Crippen MR) is 102 cm³/mol. The molecule has 1 N–H and O–H groups in total. The standard InChI is InChI=1S/C21H18FN3O2/c1-2-27-17-12-10-15(11-13-17)19-8-5-9-20(24-19)21(26)25-23-14-16-6-3-4-7-18(16)22/h3-14H,2H2,1H3,(H,25,26)/b23-14+. The third kappa shape index (κ3) is 4.76. The highest BCUT2D eigenvalue weighted by atomic mass is 19.1. The van der Waals surface area contributed by atoms with Crippen LogP contribution in [-0.2, 0) is 0 Å². The van der Waals surface area contributed by atoms with E-state index in [0.717, 1.165) is 11.3 Å². The average molecular weight is 363 g/mol. The summed E-state index contributed by atoms with van der Waals surface area (Å²) in [7, 11) is 0. The lowest BCUT2D eigenvalue weighted by Gasteiger charge is -2.06. The minimum atomic E-state index is -0.477. The largest absolute Gasteiger partial charge is 0.494 e. The number of ether oxygens (including phenoxy) is 1. The van der Waals surface area contributed by atoms with Crippen LogP contribution in [0.15, 0.2) is 71.8 Å². The highest BCUT2D eigenvalue weighted by molar-refractivity contribution is 5.93. The molecule has 6 heteroatoms. The number of nitrogens with one attached hydrogen (secondary N) is 1. The zero-order chi connectivity index (χ0) is 19.1. The summed E-state index contributed by atoms with van der Waals surface area (Å²) in [6, 6.07) is 18.8. The summed E-state index contributed by atoms with van der Waals surface area (Å²) in [6.45, 7) is 2.52. The Morgan fingerprint density at radius 1 is 1.11 bits per heavy atom. The van der Waals surface area contributed by atoms with E-state index in [4.69, 9.17) is 4.74 Å². The minimum Gasteiger partial charge on any atom is -0.494 e. The van der Waals surface area contributed by atoms with Crippen molar-refractivity contribution in [1.29, 1.82) is 0 Å². The van der Waals surface area contributed by atoms with Gasteiger partial charge in [-0.2, -0.15) is 5.10 Å². The van der Waals surface area contributed by atoms with Crippen LogP contribution in [0.1, 0.15) is 23.0 Å². The highest BCUT2D eigenvalue weighted by Crippen LogP contribution is 2.21. The van der Waals surface area contributed by atoms with Crippen molar-refractivity contribution in [2.75, 3.05) is 6.61 Å². The molecule has 0 fully saturated rings. The Morgan fingerprint density at radius 2 is 1.89 bits per heavy atom. The third-order valence-corrected chi connectivity index (χ3v) is 3.72. The van der Waals surface area contributed by atoms with Crippen molar-refractivity contribution in [3.63, 3.8) is 0 Å². The molecule has 0 aliphatic rings. The predicted octanol–water partition coefficient (Wildman–Crippen LogP) is 4.05. The summed E-state index contributed by atoms with van der Waals surface area (Å²) >= 11 is 0. The summed E-state index contributed by atoms with van der Waals surface area (Å²) in [6.07, 6.45) is 1.25. The molecule has 0 spiro atoms. The van der Waals surface area contributed by atoms with Crippen molar-refractivity contribution in [3.8, 4) is 17.0 Å². The van der Waals surface area contributed by atoms with Crippen LogP contribution in [0.2, 0.25) is 0 Å². The molecule has 0 radical (unpaired) electrons. The van der Waals surface area contributed by atoms with Gasteiger partial charge in [0.2, 0.25) is 0 Å². The van der Waals surface area contributed by atoms with Gasteiger partial charge in [-0.15, -0.1) is 0 Å². The van der Waals surface area contributed by atoms with Gasteiger partial charge in [-0.1, -0.05) is 24.3 Å². The van der Waals surface area contributed by atoms with E-state index < -0.39 is 11.7 Å². The van der Waals surface area contributed by atoms with Gasteiger partial charge in [-0.25, -0.2) is 14.8 Å². The number of amides is 1. The number of nitrogens with zero attached hydrogens (tertiary/aromatic N) is 2. The van der Waals surface area contributed by atoms with E-state index in [1.165, 1.54) is 12.3 Å². The van der Waals surface area contributed by atoms with E-state index in [2.05, 4.69) is 15.5 Å². The Morgan fingerprint density at radius 3 is 2.63 bits per heavy atom. The highest BCUT2D eigenvalue weighted by Gasteiger charge is 2.08. The summed E-state index contributed by atoms with van der Waals surface area (Å²) in [4.78, 5) is 16.6. The van der Waals surface area contributed by atoms with Crippen molar-refractivity contribution in [3.05, 3.63) is 83.8 Å². The Hall–Kier alpha value is -3.54. The molecule has 2 aromatic carbocycles. The topological polar surface area (TPSA) is 63.6 Å². The van der Waals surface area contributed by atoms with Gasteiger partial charge in [0.05, 0.1) is 18.5 Å². The molecular formula is C21H18FN3O2. The first kappa shape index (κ1) is 18.3. The molecule has 5 nitrogen and oxygen atoms in total. The van der Waals surface area contributed by atoms with E-state index >= 15 is 0 Å². The monoisotopic (exact) mass is 363 g/mol. The van der Waals surface area contributed by atoms with E-state index in [0.29, 0.717) is 12.3 Å². The van der Waals surface area contributed by atoms with Crippen LogP contribution in [0.5, 0.6) is 5.75 Å². The van der Waals surface area contributed by atoms with Crippen LogP contribution in [0.3, 0.4) is 0 Å². The molecule has 0 bridgehead atoms. The normalized spacial score (nSPS) is 10.7. The lowest BCUT2D eigenvalue weighted by atomic mass is 10.1. The molecular weight excluding hydrogens is 345 g/mol. The number of carbonyl (C=O) groups is 1. The van der Waals surface area contributed by atoms with Gasteiger partial charge in [0.15, 0.2) is 0 Å². The summed E-state index contributed by atoms with van der Waals surface area (Å²) < 4.78 is 18.9. The first-order valence-electron chi connectivity index (χ1n) is 8.45. The summed E-state index contributed by atoms with van der Waals surface area (Å²) in [5.74, 6) is -0.112.